The van der Waals surface area contributed by atoms with Crippen molar-refractivity contribution in [2.24, 2.45) is 5.10 Å². The van der Waals surface area contributed by atoms with Crippen molar-refractivity contribution in [3.8, 4) is 0 Å². The highest BCUT2D eigenvalue weighted by atomic mass is 16.1. The summed E-state index contributed by atoms with van der Waals surface area (Å²) in [5.41, 5.74) is 12.6. The first kappa shape index (κ1) is 20.4. The molecule has 3 aromatic carbocycles. The van der Waals surface area contributed by atoms with Gasteiger partial charge in [0.25, 0.3) is 5.91 Å². The molecule has 1 amide bonds. The molecule has 0 saturated heterocycles. The molecule has 0 bridgehead atoms. The van der Waals surface area contributed by atoms with Crippen molar-refractivity contribution in [2.75, 3.05) is 11.1 Å². The Morgan fingerprint density at radius 3 is 2.45 bits per heavy atom. The molecule has 0 radical (unpaired) electrons. The Morgan fingerprint density at radius 1 is 0.970 bits per heavy atom. The van der Waals surface area contributed by atoms with Crippen molar-refractivity contribution in [3.63, 3.8) is 0 Å². The minimum absolute atomic E-state index is 0.176. The topological polar surface area (TPSA) is 98.2 Å². The highest BCUT2D eigenvalue weighted by Crippen LogP contribution is 2.29. The van der Waals surface area contributed by atoms with Crippen LogP contribution in [0.2, 0.25) is 0 Å². The lowest BCUT2D eigenvalue weighted by Crippen LogP contribution is -2.14. The van der Waals surface area contributed by atoms with Crippen LogP contribution in [0.3, 0.4) is 0 Å². The monoisotopic (exact) mass is 434 g/mol. The van der Waals surface area contributed by atoms with Gasteiger partial charge in [-0.05, 0) is 54.8 Å². The molecule has 0 aliphatic rings. The van der Waals surface area contributed by atoms with Gasteiger partial charge in [0, 0.05) is 5.69 Å². The van der Waals surface area contributed by atoms with Gasteiger partial charge in [-0.15, -0.1) is 0 Å². The summed E-state index contributed by atoms with van der Waals surface area (Å²) in [6.07, 6.45) is 1.71. The largest absolute Gasteiger partial charge is 0.383 e. The summed E-state index contributed by atoms with van der Waals surface area (Å²) in [6.45, 7) is 3.97. The Bertz CT molecular complexity index is 1550. The molecule has 0 aliphatic carbocycles. The average molecular weight is 435 g/mol. The minimum Gasteiger partial charge on any atom is -0.383 e. The Kier molecular flexibility index (Phi) is 5.06. The molecule has 0 saturated carbocycles. The number of aromatic nitrogens is 3. The molecule has 5 rings (SSSR count). The second-order valence-corrected chi connectivity index (χ2v) is 7.88. The molecule has 0 spiro atoms. The standard InChI is InChI=1S/C26H22N6O/c1-16-8-7-11-19(14-16)29-26(33)22-23-25(31-21-13-6-5-12-20(21)30-23)32(24(22)27)28-15-18-10-4-3-9-17(18)2/h3-15H,27H2,1-2H3,(H,29,33)/b28-15-. The molecule has 2 heterocycles. The van der Waals surface area contributed by atoms with Crippen molar-refractivity contribution >= 4 is 45.8 Å². The second kappa shape index (κ2) is 8.20. The van der Waals surface area contributed by atoms with Gasteiger partial charge in [-0.1, -0.05) is 48.5 Å². The number of hydrogen-bond acceptors (Lipinski definition) is 5. The number of hydrogen-bond donors (Lipinski definition) is 2. The summed E-state index contributed by atoms with van der Waals surface area (Å²) in [6, 6.07) is 23.0. The number of aryl methyl sites for hydroxylation is 2. The first-order valence-corrected chi connectivity index (χ1v) is 10.6. The van der Waals surface area contributed by atoms with Crippen LogP contribution < -0.4 is 11.1 Å². The Morgan fingerprint density at radius 2 is 1.70 bits per heavy atom. The molecule has 0 unspecified atom stereocenters. The number of carbonyl (C=O) groups excluding carboxylic acids is 1. The van der Waals surface area contributed by atoms with Crippen LogP contribution in [-0.2, 0) is 0 Å². The molecular weight excluding hydrogens is 412 g/mol. The van der Waals surface area contributed by atoms with E-state index in [0.29, 0.717) is 27.9 Å². The number of fused-ring (bicyclic) bond motifs is 2. The summed E-state index contributed by atoms with van der Waals surface area (Å²) in [7, 11) is 0. The lowest BCUT2D eigenvalue weighted by atomic mass is 10.1. The van der Waals surface area contributed by atoms with Gasteiger partial charge in [0.1, 0.15) is 16.9 Å². The number of amides is 1. The third kappa shape index (κ3) is 3.80. The molecule has 0 atom stereocenters. The van der Waals surface area contributed by atoms with Crippen molar-refractivity contribution in [1.82, 2.24) is 14.6 Å². The van der Waals surface area contributed by atoms with Gasteiger partial charge >= 0.3 is 0 Å². The zero-order valence-electron chi connectivity index (χ0n) is 18.3. The van der Waals surface area contributed by atoms with Crippen LogP contribution in [0.5, 0.6) is 0 Å². The van der Waals surface area contributed by atoms with Crippen LogP contribution >= 0.6 is 0 Å². The minimum atomic E-state index is -0.363. The molecule has 0 fully saturated rings. The number of rotatable bonds is 4. The van der Waals surface area contributed by atoms with Gasteiger partial charge in [-0.25, -0.2) is 9.97 Å². The summed E-state index contributed by atoms with van der Waals surface area (Å²) in [5, 5.41) is 7.50. The highest BCUT2D eigenvalue weighted by molar-refractivity contribution is 6.16. The molecule has 5 aromatic rings. The maximum Gasteiger partial charge on any atom is 0.261 e. The van der Waals surface area contributed by atoms with Crippen LogP contribution in [0.4, 0.5) is 11.5 Å². The van der Waals surface area contributed by atoms with Crippen molar-refractivity contribution < 1.29 is 4.79 Å². The number of nitrogens with zero attached hydrogens (tertiary/aromatic N) is 4. The highest BCUT2D eigenvalue weighted by Gasteiger charge is 2.24. The maximum atomic E-state index is 13.3. The van der Waals surface area contributed by atoms with Crippen molar-refractivity contribution in [2.45, 2.75) is 13.8 Å². The quantitative estimate of drug-likeness (QED) is 0.392. The third-order valence-corrected chi connectivity index (χ3v) is 5.48. The predicted octanol–water partition coefficient (Wildman–Crippen LogP) is 4.92. The van der Waals surface area contributed by atoms with Gasteiger partial charge < -0.3 is 11.1 Å². The predicted molar refractivity (Wildman–Crippen MR) is 133 cm³/mol. The normalized spacial score (nSPS) is 11.5. The Balaban J connectivity index is 1.68. The fourth-order valence-electron chi connectivity index (χ4n) is 3.76. The number of para-hydroxylation sites is 2. The summed E-state index contributed by atoms with van der Waals surface area (Å²) < 4.78 is 1.48. The number of nitrogen functional groups attached to an aromatic ring is 1. The van der Waals surface area contributed by atoms with E-state index in [9.17, 15) is 4.79 Å². The number of anilines is 2. The van der Waals surface area contributed by atoms with Crippen molar-refractivity contribution in [3.05, 3.63) is 95.1 Å². The summed E-state index contributed by atoms with van der Waals surface area (Å²) in [5.74, 6) is -0.187. The first-order valence-electron chi connectivity index (χ1n) is 10.6. The van der Waals surface area contributed by atoms with Crippen LogP contribution in [0.15, 0.2) is 77.9 Å². The average Bonchev–Trinajstić information content (AvgIpc) is 3.07. The lowest BCUT2D eigenvalue weighted by Gasteiger charge is -2.06. The van der Waals surface area contributed by atoms with Crippen LogP contribution in [0, 0.1) is 13.8 Å². The fraction of sp³-hybridized carbons (Fsp3) is 0.0769. The van der Waals surface area contributed by atoms with E-state index in [1.165, 1.54) is 4.68 Å². The van der Waals surface area contributed by atoms with Crippen LogP contribution in [0.25, 0.3) is 22.2 Å². The van der Waals surface area contributed by atoms with E-state index in [1.807, 2.05) is 86.6 Å². The first-order chi connectivity index (χ1) is 16.0. The number of nitrogens with one attached hydrogen (secondary N) is 1. The van der Waals surface area contributed by atoms with Gasteiger partial charge in [-0.2, -0.15) is 9.78 Å². The van der Waals surface area contributed by atoms with Crippen molar-refractivity contribution in [1.29, 1.82) is 0 Å². The van der Waals surface area contributed by atoms with Crippen LogP contribution in [-0.4, -0.2) is 26.8 Å². The fourth-order valence-corrected chi connectivity index (χ4v) is 3.76. The molecule has 7 heteroatoms. The maximum absolute atomic E-state index is 13.3. The van der Waals surface area contributed by atoms with Gasteiger partial charge in [0.05, 0.1) is 17.2 Å². The van der Waals surface area contributed by atoms with E-state index in [-0.39, 0.29) is 17.3 Å². The summed E-state index contributed by atoms with van der Waals surface area (Å²) >= 11 is 0. The molecule has 2 aromatic heterocycles. The zero-order chi connectivity index (χ0) is 22.9. The van der Waals surface area contributed by atoms with E-state index in [2.05, 4.69) is 10.4 Å². The number of benzene rings is 3. The van der Waals surface area contributed by atoms with Gasteiger partial charge in [0.15, 0.2) is 5.65 Å². The van der Waals surface area contributed by atoms with E-state index in [4.69, 9.17) is 15.7 Å². The zero-order valence-corrected chi connectivity index (χ0v) is 18.3. The van der Waals surface area contributed by atoms with E-state index in [0.717, 1.165) is 16.7 Å². The number of carbonyl (C=O) groups is 1. The summed E-state index contributed by atoms with van der Waals surface area (Å²) in [4.78, 5) is 22.8. The van der Waals surface area contributed by atoms with E-state index in [1.54, 1.807) is 6.21 Å². The smallest absolute Gasteiger partial charge is 0.261 e. The Hall–Kier alpha value is -4.52. The van der Waals surface area contributed by atoms with E-state index < -0.39 is 0 Å². The molecule has 162 valence electrons. The Labute approximate surface area is 190 Å². The molecular formula is C26H22N6O. The van der Waals surface area contributed by atoms with Crippen LogP contribution in [0.1, 0.15) is 27.0 Å². The molecule has 7 nitrogen and oxygen atoms in total. The third-order valence-electron chi connectivity index (χ3n) is 5.48. The molecule has 0 aliphatic heterocycles. The molecule has 3 N–H and O–H groups in total. The molecule has 33 heavy (non-hydrogen) atoms. The lowest BCUT2D eigenvalue weighted by molar-refractivity contribution is 0.102. The van der Waals surface area contributed by atoms with Gasteiger partial charge in [-0.3, -0.25) is 4.79 Å². The van der Waals surface area contributed by atoms with E-state index >= 15 is 0 Å². The SMILES string of the molecule is Cc1cccc(NC(=O)c2c(N)n(/N=C\c3ccccc3C)c3nc4ccccc4nc23)c1. The van der Waals surface area contributed by atoms with Gasteiger partial charge in [0.2, 0.25) is 0 Å². The second-order valence-electron chi connectivity index (χ2n) is 7.88. The number of nitrogens with two attached hydrogens (primary N) is 1.